The maximum absolute atomic E-state index is 12.6. The van der Waals surface area contributed by atoms with E-state index in [0.29, 0.717) is 41.5 Å². The fourth-order valence-corrected chi connectivity index (χ4v) is 3.69. The number of methoxy groups -OCH3 is 1. The van der Waals surface area contributed by atoms with Gasteiger partial charge in [-0.05, 0) is 54.3 Å². The minimum absolute atomic E-state index is 0.175. The Balaban J connectivity index is 1.44. The SMILES string of the molecule is COC(=O)CCc1ccccc1Oc1ccccc1-c1nc(C(=O)NCCc2ccc(Cl)cc2)co1. The van der Waals surface area contributed by atoms with Crippen LogP contribution in [0.1, 0.15) is 28.0 Å². The van der Waals surface area contributed by atoms with Crippen molar-refractivity contribution in [3.05, 3.63) is 101 Å². The number of ether oxygens (including phenoxy) is 2. The molecule has 0 saturated carbocycles. The fraction of sp³-hybridized carbons (Fsp3) is 0.179. The van der Waals surface area contributed by atoms with E-state index < -0.39 is 0 Å². The van der Waals surface area contributed by atoms with E-state index in [2.05, 4.69) is 10.3 Å². The van der Waals surface area contributed by atoms with E-state index in [1.54, 1.807) is 12.1 Å². The van der Waals surface area contributed by atoms with Gasteiger partial charge < -0.3 is 19.2 Å². The third-order valence-corrected chi connectivity index (χ3v) is 5.74. The van der Waals surface area contributed by atoms with Gasteiger partial charge in [0, 0.05) is 18.0 Å². The normalized spacial score (nSPS) is 10.6. The van der Waals surface area contributed by atoms with Crippen LogP contribution < -0.4 is 10.1 Å². The van der Waals surface area contributed by atoms with Crippen molar-refractivity contribution >= 4 is 23.5 Å². The molecule has 7 nitrogen and oxygen atoms in total. The average Bonchev–Trinajstić information content (AvgIpc) is 3.40. The first kappa shape index (κ1) is 25.0. The number of hydrogen-bond donors (Lipinski definition) is 1. The van der Waals surface area contributed by atoms with Crippen LogP contribution in [0.5, 0.6) is 11.5 Å². The molecule has 0 unspecified atom stereocenters. The summed E-state index contributed by atoms with van der Waals surface area (Å²) >= 11 is 5.91. The lowest BCUT2D eigenvalue weighted by atomic mass is 10.1. The van der Waals surface area contributed by atoms with Crippen LogP contribution in [0.2, 0.25) is 5.02 Å². The Bertz CT molecular complexity index is 1330. The first-order valence-corrected chi connectivity index (χ1v) is 11.8. The number of aryl methyl sites for hydroxylation is 1. The lowest BCUT2D eigenvalue weighted by Crippen LogP contribution is -2.25. The second kappa shape index (κ2) is 12.0. The molecule has 1 heterocycles. The molecule has 1 N–H and O–H groups in total. The third-order valence-electron chi connectivity index (χ3n) is 5.49. The van der Waals surface area contributed by atoms with Gasteiger partial charge in [-0.25, -0.2) is 4.98 Å². The highest BCUT2D eigenvalue weighted by Gasteiger charge is 2.17. The minimum atomic E-state index is -0.328. The van der Waals surface area contributed by atoms with Gasteiger partial charge in [0.15, 0.2) is 5.69 Å². The minimum Gasteiger partial charge on any atom is -0.469 e. The van der Waals surface area contributed by atoms with Crippen molar-refractivity contribution in [2.45, 2.75) is 19.3 Å². The number of oxazole rings is 1. The molecule has 0 bridgehead atoms. The van der Waals surface area contributed by atoms with Crippen LogP contribution in [0, 0.1) is 0 Å². The van der Waals surface area contributed by atoms with E-state index in [9.17, 15) is 9.59 Å². The molecule has 36 heavy (non-hydrogen) atoms. The largest absolute Gasteiger partial charge is 0.469 e. The van der Waals surface area contributed by atoms with E-state index in [0.717, 1.165) is 11.1 Å². The van der Waals surface area contributed by atoms with Crippen molar-refractivity contribution in [1.29, 1.82) is 0 Å². The lowest BCUT2D eigenvalue weighted by Gasteiger charge is -2.13. The lowest BCUT2D eigenvalue weighted by molar-refractivity contribution is -0.140. The van der Waals surface area contributed by atoms with Gasteiger partial charge in [0.05, 0.1) is 12.7 Å². The molecular formula is C28H25ClN2O5. The van der Waals surface area contributed by atoms with E-state index in [1.165, 1.54) is 13.4 Å². The van der Waals surface area contributed by atoms with Crippen LogP contribution in [0.3, 0.4) is 0 Å². The monoisotopic (exact) mass is 504 g/mol. The zero-order valence-corrected chi connectivity index (χ0v) is 20.5. The van der Waals surface area contributed by atoms with Gasteiger partial charge in [0.2, 0.25) is 5.89 Å². The number of carbonyl (C=O) groups is 2. The number of benzene rings is 3. The molecule has 0 saturated heterocycles. The second-order valence-electron chi connectivity index (χ2n) is 7.95. The molecule has 0 aliphatic carbocycles. The molecule has 4 aromatic rings. The smallest absolute Gasteiger partial charge is 0.305 e. The highest BCUT2D eigenvalue weighted by molar-refractivity contribution is 6.30. The van der Waals surface area contributed by atoms with Crippen molar-refractivity contribution in [2.24, 2.45) is 0 Å². The Morgan fingerprint density at radius 3 is 2.44 bits per heavy atom. The molecule has 0 aliphatic rings. The maximum atomic E-state index is 12.6. The number of aromatic nitrogens is 1. The third kappa shape index (κ3) is 6.52. The van der Waals surface area contributed by atoms with Gasteiger partial charge in [-0.3, -0.25) is 9.59 Å². The summed E-state index contributed by atoms with van der Waals surface area (Å²) in [4.78, 5) is 28.5. The summed E-state index contributed by atoms with van der Waals surface area (Å²) in [7, 11) is 1.37. The van der Waals surface area contributed by atoms with Crippen LogP contribution in [0.15, 0.2) is 83.5 Å². The number of halogens is 1. The van der Waals surface area contributed by atoms with E-state index in [1.807, 2.05) is 60.7 Å². The summed E-state index contributed by atoms with van der Waals surface area (Å²) in [5.74, 6) is 0.773. The van der Waals surface area contributed by atoms with Gasteiger partial charge >= 0.3 is 5.97 Å². The number of carbonyl (C=O) groups excluding carboxylic acids is 2. The van der Waals surface area contributed by atoms with Crippen LogP contribution in [0.4, 0.5) is 0 Å². The first-order chi connectivity index (χ1) is 17.5. The van der Waals surface area contributed by atoms with Gasteiger partial charge in [0.1, 0.15) is 17.8 Å². The number of para-hydroxylation sites is 2. The zero-order chi connectivity index (χ0) is 25.3. The van der Waals surface area contributed by atoms with Crippen LogP contribution >= 0.6 is 11.6 Å². The quantitative estimate of drug-likeness (QED) is 0.272. The van der Waals surface area contributed by atoms with E-state index in [4.69, 9.17) is 25.5 Å². The molecule has 0 atom stereocenters. The number of amides is 1. The van der Waals surface area contributed by atoms with Crippen molar-refractivity contribution in [2.75, 3.05) is 13.7 Å². The summed E-state index contributed by atoms with van der Waals surface area (Å²) in [6.45, 7) is 0.449. The highest BCUT2D eigenvalue weighted by Crippen LogP contribution is 2.34. The number of rotatable bonds is 10. The molecule has 0 fully saturated rings. The van der Waals surface area contributed by atoms with Crippen molar-refractivity contribution in [3.8, 4) is 23.0 Å². The van der Waals surface area contributed by atoms with Crippen LogP contribution in [-0.2, 0) is 22.4 Å². The number of nitrogens with zero attached hydrogens (tertiary/aromatic N) is 1. The van der Waals surface area contributed by atoms with E-state index in [-0.39, 0.29) is 29.9 Å². The number of nitrogens with one attached hydrogen (secondary N) is 1. The Morgan fingerprint density at radius 1 is 0.944 bits per heavy atom. The van der Waals surface area contributed by atoms with Crippen molar-refractivity contribution in [1.82, 2.24) is 10.3 Å². The average molecular weight is 505 g/mol. The fourth-order valence-electron chi connectivity index (χ4n) is 3.56. The zero-order valence-electron chi connectivity index (χ0n) is 19.7. The molecule has 0 radical (unpaired) electrons. The summed E-state index contributed by atoms with van der Waals surface area (Å²) in [5, 5.41) is 3.53. The van der Waals surface area contributed by atoms with Crippen LogP contribution in [0.25, 0.3) is 11.5 Å². The Labute approximate surface area is 214 Å². The topological polar surface area (TPSA) is 90.7 Å². The second-order valence-corrected chi connectivity index (χ2v) is 8.39. The number of esters is 1. The summed E-state index contributed by atoms with van der Waals surface area (Å²) in [5.41, 5.74) is 2.71. The van der Waals surface area contributed by atoms with Crippen LogP contribution in [-0.4, -0.2) is 30.5 Å². The van der Waals surface area contributed by atoms with Crippen molar-refractivity contribution in [3.63, 3.8) is 0 Å². The van der Waals surface area contributed by atoms with Gasteiger partial charge in [-0.1, -0.05) is 54.1 Å². The molecule has 0 aliphatic heterocycles. The summed E-state index contributed by atoms with van der Waals surface area (Å²) < 4.78 is 16.6. The summed E-state index contributed by atoms with van der Waals surface area (Å²) in [6.07, 6.45) is 2.72. The first-order valence-electron chi connectivity index (χ1n) is 11.4. The highest BCUT2D eigenvalue weighted by atomic mass is 35.5. The molecule has 4 rings (SSSR count). The molecule has 8 heteroatoms. The van der Waals surface area contributed by atoms with Gasteiger partial charge in [-0.2, -0.15) is 0 Å². The molecule has 1 amide bonds. The number of hydrogen-bond acceptors (Lipinski definition) is 6. The molecular weight excluding hydrogens is 480 g/mol. The summed E-state index contributed by atoms with van der Waals surface area (Å²) in [6, 6.07) is 22.2. The molecule has 1 aromatic heterocycles. The molecule has 0 spiro atoms. The molecule has 184 valence electrons. The predicted molar refractivity (Wildman–Crippen MR) is 136 cm³/mol. The van der Waals surface area contributed by atoms with Crippen molar-refractivity contribution < 1.29 is 23.5 Å². The van der Waals surface area contributed by atoms with Gasteiger partial charge in [-0.15, -0.1) is 0 Å². The maximum Gasteiger partial charge on any atom is 0.305 e. The Kier molecular flexibility index (Phi) is 8.36. The Hall–Kier alpha value is -4.10. The predicted octanol–water partition coefficient (Wildman–Crippen LogP) is 5.87. The van der Waals surface area contributed by atoms with E-state index >= 15 is 0 Å². The molecule has 3 aromatic carbocycles. The van der Waals surface area contributed by atoms with Gasteiger partial charge in [0.25, 0.3) is 5.91 Å². The Morgan fingerprint density at radius 2 is 1.67 bits per heavy atom. The standard InChI is InChI=1S/C28H25ClN2O5/c1-34-26(32)15-12-20-6-2-4-8-24(20)36-25-9-5-3-7-22(25)28-31-23(18-35-28)27(33)30-17-16-19-10-13-21(29)14-11-19/h2-11,13-14,18H,12,15-17H2,1H3,(H,30,33).